The average molecular weight is 249 g/mol. The summed E-state index contributed by atoms with van der Waals surface area (Å²) < 4.78 is 11.2. The Bertz CT molecular complexity index is 189. The lowest BCUT2D eigenvalue weighted by Gasteiger charge is -2.26. The van der Waals surface area contributed by atoms with E-state index in [0.717, 1.165) is 24.3 Å². The highest BCUT2D eigenvalue weighted by atomic mass is 32.2. The van der Waals surface area contributed by atoms with Gasteiger partial charge in [-0.25, -0.2) is 0 Å². The van der Waals surface area contributed by atoms with Crippen LogP contribution in [0.25, 0.3) is 0 Å². The van der Waals surface area contributed by atoms with Crippen LogP contribution in [0.5, 0.6) is 0 Å². The Hall–Kier alpha value is 0.460. The zero-order chi connectivity index (χ0) is 11.1. The van der Waals surface area contributed by atoms with E-state index >= 15 is 0 Å². The topological polar surface area (TPSA) is 29.1 Å². The van der Waals surface area contributed by atoms with Crippen LogP contribution in [-0.2, 0) is 10.8 Å². The zero-order valence-electron chi connectivity index (χ0n) is 9.83. The maximum Gasteiger partial charge on any atom is 0.0249 e. The van der Waals surface area contributed by atoms with Gasteiger partial charge in [0.1, 0.15) is 0 Å². The van der Waals surface area contributed by atoms with E-state index in [1.54, 1.807) is 0 Å². The molecule has 1 aliphatic rings. The molecule has 1 saturated heterocycles. The summed E-state index contributed by atoms with van der Waals surface area (Å²) in [5.74, 6) is 4.26. The van der Waals surface area contributed by atoms with Crippen LogP contribution in [-0.4, -0.2) is 39.3 Å². The van der Waals surface area contributed by atoms with Crippen molar-refractivity contribution in [2.75, 3.05) is 23.0 Å². The van der Waals surface area contributed by atoms with Gasteiger partial charge in [-0.2, -0.15) is 11.8 Å². The van der Waals surface area contributed by atoms with Crippen molar-refractivity contribution >= 4 is 22.6 Å². The maximum atomic E-state index is 11.2. The molecule has 1 unspecified atom stereocenters. The van der Waals surface area contributed by atoms with E-state index in [9.17, 15) is 4.21 Å². The van der Waals surface area contributed by atoms with Gasteiger partial charge in [0.15, 0.2) is 0 Å². The van der Waals surface area contributed by atoms with Crippen molar-refractivity contribution in [2.45, 2.75) is 45.2 Å². The van der Waals surface area contributed by atoms with Crippen LogP contribution in [0.4, 0.5) is 0 Å². The minimum Gasteiger partial charge on any atom is -0.311 e. The summed E-state index contributed by atoms with van der Waals surface area (Å²) in [6.45, 7) is 4.47. The van der Waals surface area contributed by atoms with Gasteiger partial charge in [0.25, 0.3) is 0 Å². The lowest BCUT2D eigenvalue weighted by molar-refractivity contribution is 0.414. The van der Waals surface area contributed by atoms with Gasteiger partial charge in [0, 0.05) is 34.4 Å². The number of thioether (sulfide) groups is 1. The third-order valence-corrected chi connectivity index (χ3v) is 5.12. The highest BCUT2D eigenvalue weighted by molar-refractivity contribution is 7.99. The Morgan fingerprint density at radius 3 is 2.73 bits per heavy atom. The van der Waals surface area contributed by atoms with Gasteiger partial charge in [0.2, 0.25) is 0 Å². The molecule has 1 fully saturated rings. The smallest absolute Gasteiger partial charge is 0.0249 e. The van der Waals surface area contributed by atoms with Crippen LogP contribution in [0.3, 0.4) is 0 Å². The van der Waals surface area contributed by atoms with E-state index < -0.39 is 10.8 Å². The largest absolute Gasteiger partial charge is 0.311 e. The Labute approximate surface area is 100 Å². The molecule has 0 spiro atoms. The molecule has 1 N–H and O–H groups in total. The molecule has 0 amide bonds. The molecule has 0 saturated carbocycles. The summed E-state index contributed by atoms with van der Waals surface area (Å²) in [5, 5.41) is 3.65. The van der Waals surface area contributed by atoms with Crippen molar-refractivity contribution < 1.29 is 4.21 Å². The maximum absolute atomic E-state index is 11.2. The predicted octanol–water partition coefficient (Wildman–Crippen LogP) is 2.02. The molecule has 0 aromatic heterocycles. The second-order valence-electron chi connectivity index (χ2n) is 4.18. The second-order valence-corrected chi connectivity index (χ2v) is 7.27. The lowest BCUT2D eigenvalue weighted by Crippen LogP contribution is -2.41. The highest BCUT2D eigenvalue weighted by Gasteiger charge is 2.18. The molecule has 0 bridgehead atoms. The van der Waals surface area contributed by atoms with E-state index in [4.69, 9.17) is 0 Å². The zero-order valence-corrected chi connectivity index (χ0v) is 11.5. The van der Waals surface area contributed by atoms with Crippen molar-refractivity contribution in [3.63, 3.8) is 0 Å². The van der Waals surface area contributed by atoms with Crippen molar-refractivity contribution in [1.82, 2.24) is 5.32 Å². The van der Waals surface area contributed by atoms with Gasteiger partial charge in [-0.1, -0.05) is 6.92 Å². The first-order chi connectivity index (χ1) is 7.22. The number of rotatable bonds is 6. The molecule has 0 aliphatic carbocycles. The summed E-state index contributed by atoms with van der Waals surface area (Å²) >= 11 is 2.01. The normalized spacial score (nSPS) is 28.9. The van der Waals surface area contributed by atoms with Gasteiger partial charge in [-0.3, -0.25) is 4.21 Å². The van der Waals surface area contributed by atoms with Crippen molar-refractivity contribution in [3.05, 3.63) is 0 Å². The average Bonchev–Trinajstić information content (AvgIpc) is 2.22. The van der Waals surface area contributed by atoms with Gasteiger partial charge in [-0.15, -0.1) is 0 Å². The van der Waals surface area contributed by atoms with E-state index in [1.165, 1.54) is 17.9 Å². The monoisotopic (exact) mass is 249 g/mol. The number of nitrogens with one attached hydrogen (secondary N) is 1. The molecule has 1 rings (SSSR count). The second kappa shape index (κ2) is 7.69. The standard InChI is InChI=1S/C11H23NOS2/c1-3-14-7-4-10(2)12-11-5-8-15(13)9-6-11/h10-12H,3-9H2,1-2H3. The van der Waals surface area contributed by atoms with Crippen LogP contribution in [0.2, 0.25) is 0 Å². The van der Waals surface area contributed by atoms with Crippen molar-refractivity contribution in [1.29, 1.82) is 0 Å². The molecule has 0 aromatic rings. The third-order valence-electron chi connectivity index (χ3n) is 2.81. The first kappa shape index (κ1) is 13.5. The van der Waals surface area contributed by atoms with Gasteiger partial charge >= 0.3 is 0 Å². The van der Waals surface area contributed by atoms with Crippen LogP contribution in [0.1, 0.15) is 33.1 Å². The van der Waals surface area contributed by atoms with Crippen molar-refractivity contribution in [3.8, 4) is 0 Å². The Balaban J connectivity index is 2.09. The van der Waals surface area contributed by atoms with E-state index in [-0.39, 0.29) is 0 Å². The minimum absolute atomic E-state index is 0.527. The van der Waals surface area contributed by atoms with Crippen LogP contribution < -0.4 is 5.32 Å². The van der Waals surface area contributed by atoms with Crippen molar-refractivity contribution in [2.24, 2.45) is 0 Å². The first-order valence-corrected chi connectivity index (χ1v) is 8.55. The molecular formula is C11H23NOS2. The summed E-state index contributed by atoms with van der Waals surface area (Å²) in [6, 6.07) is 1.23. The molecule has 2 nitrogen and oxygen atoms in total. The molecule has 15 heavy (non-hydrogen) atoms. The fourth-order valence-corrected chi connectivity index (χ4v) is 3.96. The fourth-order valence-electron chi connectivity index (χ4n) is 1.85. The minimum atomic E-state index is -0.527. The van der Waals surface area contributed by atoms with Gasteiger partial charge in [-0.05, 0) is 37.7 Å². The summed E-state index contributed by atoms with van der Waals surface area (Å²) in [7, 11) is -0.527. The summed E-state index contributed by atoms with van der Waals surface area (Å²) in [4.78, 5) is 0. The van der Waals surface area contributed by atoms with Crippen LogP contribution >= 0.6 is 11.8 Å². The fraction of sp³-hybridized carbons (Fsp3) is 1.00. The van der Waals surface area contributed by atoms with Gasteiger partial charge < -0.3 is 5.32 Å². The lowest BCUT2D eigenvalue weighted by atomic mass is 10.1. The SMILES string of the molecule is CCSCCC(C)NC1CCS(=O)CC1. The molecule has 0 aromatic carbocycles. The molecule has 1 heterocycles. The Morgan fingerprint density at radius 1 is 1.47 bits per heavy atom. The third kappa shape index (κ3) is 5.93. The number of hydrogen-bond donors (Lipinski definition) is 1. The van der Waals surface area contributed by atoms with Crippen LogP contribution in [0, 0.1) is 0 Å². The summed E-state index contributed by atoms with van der Waals surface area (Å²) in [5.41, 5.74) is 0. The molecule has 1 atom stereocenters. The van der Waals surface area contributed by atoms with E-state index in [1.807, 2.05) is 11.8 Å². The first-order valence-electron chi connectivity index (χ1n) is 5.91. The van der Waals surface area contributed by atoms with E-state index in [0.29, 0.717) is 12.1 Å². The summed E-state index contributed by atoms with van der Waals surface area (Å²) in [6.07, 6.45) is 3.44. The molecule has 90 valence electrons. The quantitative estimate of drug-likeness (QED) is 0.730. The molecule has 4 heteroatoms. The number of hydrogen-bond acceptors (Lipinski definition) is 3. The van der Waals surface area contributed by atoms with Gasteiger partial charge in [0.05, 0.1) is 0 Å². The molecule has 1 aliphatic heterocycles. The predicted molar refractivity (Wildman–Crippen MR) is 71.1 cm³/mol. The molecular weight excluding hydrogens is 226 g/mol. The Kier molecular flexibility index (Phi) is 6.93. The molecule has 0 radical (unpaired) electrons. The van der Waals surface area contributed by atoms with Crippen LogP contribution in [0.15, 0.2) is 0 Å². The Morgan fingerprint density at radius 2 is 2.13 bits per heavy atom. The highest BCUT2D eigenvalue weighted by Crippen LogP contribution is 2.11. The van der Waals surface area contributed by atoms with E-state index in [2.05, 4.69) is 19.2 Å².